The van der Waals surface area contributed by atoms with E-state index >= 15 is 0 Å². The zero-order valence-electron chi connectivity index (χ0n) is 16.1. The lowest BCUT2D eigenvalue weighted by molar-refractivity contribution is -0.136. The maximum absolute atomic E-state index is 13.2. The maximum Gasteiger partial charge on any atom is 0.419 e. The minimum Gasteiger partial charge on any atom is -0.408 e. The summed E-state index contributed by atoms with van der Waals surface area (Å²) < 4.78 is 20.0. The Kier molecular flexibility index (Phi) is 4.49. The van der Waals surface area contributed by atoms with Crippen LogP contribution in [-0.2, 0) is 11.3 Å². The summed E-state index contributed by atoms with van der Waals surface area (Å²) in [6, 6.07) is 14.5. The highest BCUT2D eigenvalue weighted by Gasteiger charge is 2.43. The lowest BCUT2D eigenvalue weighted by atomic mass is 9.85. The average molecular weight is 394 g/mol. The molecular formula is C23H23FN2O3. The Morgan fingerprint density at radius 3 is 2.45 bits per heavy atom. The van der Waals surface area contributed by atoms with Gasteiger partial charge in [0.05, 0.1) is 5.52 Å². The van der Waals surface area contributed by atoms with Crippen LogP contribution in [-0.4, -0.2) is 27.5 Å². The van der Waals surface area contributed by atoms with Gasteiger partial charge in [-0.15, -0.1) is 0 Å². The predicted octanol–water partition coefficient (Wildman–Crippen LogP) is 4.06. The summed E-state index contributed by atoms with van der Waals surface area (Å²) in [5, 5.41) is 0. The molecule has 2 atom stereocenters. The number of aryl methyl sites for hydroxylation is 1. The third-order valence-electron chi connectivity index (χ3n) is 6.49. The summed E-state index contributed by atoms with van der Waals surface area (Å²) in [5.74, 6) is -0.159. The van der Waals surface area contributed by atoms with Crippen molar-refractivity contribution < 1.29 is 13.6 Å². The van der Waals surface area contributed by atoms with Gasteiger partial charge in [-0.2, -0.15) is 0 Å². The normalized spacial score (nSPS) is 23.6. The number of piperidine rings is 1. The third-order valence-corrected chi connectivity index (χ3v) is 6.49. The van der Waals surface area contributed by atoms with Crippen molar-refractivity contribution in [1.29, 1.82) is 0 Å². The van der Waals surface area contributed by atoms with Gasteiger partial charge >= 0.3 is 5.76 Å². The SMILES string of the molecule is O=C(CCn1c(=O)oc2ccccc21)N1[C@H]2CC[C@H]1CC(c1ccc(F)cc1)C2. The highest BCUT2D eigenvalue weighted by Crippen LogP contribution is 2.43. The van der Waals surface area contributed by atoms with Crippen molar-refractivity contribution >= 4 is 17.0 Å². The first-order valence-corrected chi connectivity index (χ1v) is 10.2. The zero-order chi connectivity index (χ0) is 20.0. The van der Waals surface area contributed by atoms with E-state index in [4.69, 9.17) is 4.42 Å². The highest BCUT2D eigenvalue weighted by atomic mass is 19.1. The molecule has 5 nitrogen and oxygen atoms in total. The minimum absolute atomic E-state index is 0.104. The summed E-state index contributed by atoms with van der Waals surface area (Å²) in [7, 11) is 0. The molecule has 0 N–H and O–H groups in total. The molecule has 0 aliphatic carbocycles. The molecule has 1 aromatic heterocycles. The van der Waals surface area contributed by atoms with E-state index in [1.807, 2.05) is 35.2 Å². The standard InChI is InChI=1S/C23H23FN2O3/c24-17-7-5-15(6-8-17)16-13-18-9-10-19(14-16)26(18)22(27)11-12-25-20-3-1-2-4-21(20)29-23(25)28/h1-8,16,18-19H,9-14H2/t18-,19-/m0/s1. The zero-order valence-corrected chi connectivity index (χ0v) is 16.1. The summed E-state index contributed by atoms with van der Waals surface area (Å²) in [6.07, 6.45) is 4.16. The lowest BCUT2D eigenvalue weighted by Crippen LogP contribution is -2.46. The molecule has 29 heavy (non-hydrogen) atoms. The first kappa shape index (κ1) is 18.2. The molecule has 2 bridgehead atoms. The van der Waals surface area contributed by atoms with E-state index in [-0.39, 0.29) is 30.2 Å². The molecule has 6 heteroatoms. The molecule has 2 saturated heterocycles. The molecule has 150 valence electrons. The first-order valence-electron chi connectivity index (χ1n) is 10.2. The quantitative estimate of drug-likeness (QED) is 0.671. The van der Waals surface area contributed by atoms with Gasteiger partial charge in [0.2, 0.25) is 5.91 Å². The second-order valence-electron chi connectivity index (χ2n) is 8.14. The van der Waals surface area contributed by atoms with Crippen LogP contribution in [0.4, 0.5) is 4.39 Å². The molecule has 2 aromatic carbocycles. The Morgan fingerprint density at radius 2 is 1.72 bits per heavy atom. The van der Waals surface area contributed by atoms with E-state index < -0.39 is 5.76 Å². The number of carbonyl (C=O) groups excluding carboxylic acids is 1. The van der Waals surface area contributed by atoms with Crippen LogP contribution in [0.1, 0.15) is 43.6 Å². The Morgan fingerprint density at radius 1 is 1.03 bits per heavy atom. The number of hydrogen-bond donors (Lipinski definition) is 0. The summed E-state index contributed by atoms with van der Waals surface area (Å²) in [5.41, 5.74) is 2.43. The average Bonchev–Trinajstić information content (AvgIpc) is 3.19. The molecule has 0 spiro atoms. The number of carbonyl (C=O) groups is 1. The Labute approximate surface area is 167 Å². The van der Waals surface area contributed by atoms with Crippen molar-refractivity contribution in [1.82, 2.24) is 9.47 Å². The molecule has 3 aromatic rings. The van der Waals surface area contributed by atoms with Gasteiger partial charge < -0.3 is 9.32 Å². The van der Waals surface area contributed by atoms with Crippen LogP contribution < -0.4 is 5.76 Å². The number of oxazole rings is 1. The topological polar surface area (TPSA) is 55.5 Å². The number of aromatic nitrogens is 1. The second kappa shape index (κ2) is 7.17. The fourth-order valence-corrected chi connectivity index (χ4v) is 5.15. The van der Waals surface area contributed by atoms with Gasteiger partial charge in [0.15, 0.2) is 5.58 Å². The van der Waals surface area contributed by atoms with Gasteiger partial charge in [-0.05, 0) is 61.4 Å². The van der Waals surface area contributed by atoms with E-state index in [1.165, 1.54) is 12.1 Å². The Bertz CT molecular complexity index is 1090. The maximum atomic E-state index is 13.2. The number of rotatable bonds is 4. The fraction of sp³-hybridized carbons (Fsp3) is 0.391. The van der Waals surface area contributed by atoms with Gasteiger partial charge in [0.1, 0.15) is 5.82 Å². The largest absolute Gasteiger partial charge is 0.419 e. The van der Waals surface area contributed by atoms with Gasteiger partial charge in [0, 0.05) is 25.0 Å². The monoisotopic (exact) mass is 394 g/mol. The number of hydrogen-bond acceptors (Lipinski definition) is 3. The molecular weight excluding hydrogens is 371 g/mol. The molecule has 0 unspecified atom stereocenters. The van der Waals surface area contributed by atoms with E-state index in [1.54, 1.807) is 10.6 Å². The number of amides is 1. The first-order chi connectivity index (χ1) is 14.1. The number of para-hydroxylation sites is 2. The molecule has 2 aliphatic heterocycles. The van der Waals surface area contributed by atoms with Gasteiger partial charge in [-0.3, -0.25) is 9.36 Å². The lowest BCUT2D eigenvalue weighted by Gasteiger charge is -2.39. The molecule has 0 saturated carbocycles. The second-order valence-corrected chi connectivity index (χ2v) is 8.14. The minimum atomic E-state index is -0.419. The van der Waals surface area contributed by atoms with Crippen molar-refractivity contribution in [2.45, 2.75) is 56.7 Å². The summed E-state index contributed by atoms with van der Waals surface area (Å²) in [4.78, 5) is 27.2. The van der Waals surface area contributed by atoms with Crippen LogP contribution in [0.25, 0.3) is 11.1 Å². The Balaban J connectivity index is 1.28. The van der Waals surface area contributed by atoms with Crippen molar-refractivity contribution in [2.24, 2.45) is 0 Å². The molecule has 2 aliphatic rings. The van der Waals surface area contributed by atoms with E-state index in [0.717, 1.165) is 36.8 Å². The molecule has 1 amide bonds. The summed E-state index contributed by atoms with van der Waals surface area (Å²) >= 11 is 0. The van der Waals surface area contributed by atoms with Crippen LogP contribution in [0.5, 0.6) is 0 Å². The third kappa shape index (κ3) is 3.26. The van der Waals surface area contributed by atoms with E-state index in [9.17, 15) is 14.0 Å². The molecule has 3 heterocycles. The van der Waals surface area contributed by atoms with Crippen LogP contribution in [0.3, 0.4) is 0 Å². The van der Waals surface area contributed by atoms with Crippen LogP contribution >= 0.6 is 0 Å². The van der Waals surface area contributed by atoms with Crippen molar-refractivity contribution in [3.63, 3.8) is 0 Å². The smallest absolute Gasteiger partial charge is 0.408 e. The molecule has 5 rings (SSSR count). The van der Waals surface area contributed by atoms with Crippen LogP contribution in [0.2, 0.25) is 0 Å². The van der Waals surface area contributed by atoms with E-state index in [2.05, 4.69) is 0 Å². The number of nitrogens with zero attached hydrogens (tertiary/aromatic N) is 2. The molecule has 2 fully saturated rings. The van der Waals surface area contributed by atoms with Crippen molar-refractivity contribution in [3.05, 3.63) is 70.5 Å². The van der Waals surface area contributed by atoms with Gasteiger partial charge in [0.25, 0.3) is 0 Å². The fourth-order valence-electron chi connectivity index (χ4n) is 5.15. The summed E-state index contributed by atoms with van der Waals surface area (Å²) in [6.45, 7) is 0.325. The number of fused-ring (bicyclic) bond motifs is 3. The molecule has 0 radical (unpaired) electrons. The van der Waals surface area contributed by atoms with Gasteiger partial charge in [-0.25, -0.2) is 9.18 Å². The van der Waals surface area contributed by atoms with Crippen LogP contribution in [0.15, 0.2) is 57.7 Å². The number of halogens is 1. The number of benzene rings is 2. The van der Waals surface area contributed by atoms with Crippen molar-refractivity contribution in [2.75, 3.05) is 0 Å². The van der Waals surface area contributed by atoms with E-state index in [0.29, 0.717) is 18.0 Å². The van der Waals surface area contributed by atoms with Crippen molar-refractivity contribution in [3.8, 4) is 0 Å². The highest BCUT2D eigenvalue weighted by molar-refractivity contribution is 5.78. The Hall–Kier alpha value is -2.89. The predicted molar refractivity (Wildman–Crippen MR) is 107 cm³/mol. The van der Waals surface area contributed by atoms with Gasteiger partial charge in [-0.1, -0.05) is 24.3 Å². The van der Waals surface area contributed by atoms with Crippen LogP contribution in [0, 0.1) is 5.82 Å².